The van der Waals surface area contributed by atoms with Crippen LogP contribution in [0.25, 0.3) is 0 Å². The fourth-order valence-corrected chi connectivity index (χ4v) is 3.01. The summed E-state index contributed by atoms with van der Waals surface area (Å²) < 4.78 is 0. The second-order valence-electron chi connectivity index (χ2n) is 5.23. The van der Waals surface area contributed by atoms with Crippen molar-refractivity contribution >= 4 is 23.2 Å². The van der Waals surface area contributed by atoms with Gasteiger partial charge < -0.3 is 16.0 Å². The van der Waals surface area contributed by atoms with Crippen LogP contribution in [-0.4, -0.2) is 42.9 Å². The number of nitrogens with one attached hydrogen (secondary N) is 1. The first kappa shape index (κ1) is 15.8. The number of nitrogens with two attached hydrogens (primary N) is 1. The van der Waals surface area contributed by atoms with Crippen molar-refractivity contribution in [1.82, 2.24) is 10.2 Å². The molecule has 2 heterocycles. The zero-order valence-corrected chi connectivity index (χ0v) is 13.2. The van der Waals surface area contributed by atoms with Crippen molar-refractivity contribution in [1.29, 1.82) is 0 Å². The zero-order chi connectivity index (χ0) is 14.9. The van der Waals surface area contributed by atoms with Crippen molar-refractivity contribution in [2.75, 3.05) is 26.2 Å². The minimum Gasteiger partial charge on any atom is -0.370 e. The van der Waals surface area contributed by atoms with Crippen molar-refractivity contribution in [2.24, 2.45) is 10.7 Å². The van der Waals surface area contributed by atoms with E-state index in [1.165, 1.54) is 37.0 Å². The Labute approximate surface area is 130 Å². The third-order valence-electron chi connectivity index (χ3n) is 3.57. The van der Waals surface area contributed by atoms with E-state index in [2.05, 4.69) is 15.2 Å². The van der Waals surface area contributed by atoms with Crippen molar-refractivity contribution in [3.05, 3.63) is 22.4 Å². The molecule has 1 aliphatic rings. The zero-order valence-electron chi connectivity index (χ0n) is 12.4. The third-order valence-corrected chi connectivity index (χ3v) is 4.44. The van der Waals surface area contributed by atoms with E-state index in [0.29, 0.717) is 19.0 Å². The van der Waals surface area contributed by atoms with Gasteiger partial charge in [0.15, 0.2) is 5.96 Å². The summed E-state index contributed by atoms with van der Waals surface area (Å²) >= 11 is 1.45. The van der Waals surface area contributed by atoms with Gasteiger partial charge >= 0.3 is 0 Å². The topological polar surface area (TPSA) is 70.7 Å². The number of aliphatic imine (C=N–C) groups is 1. The van der Waals surface area contributed by atoms with Crippen LogP contribution in [0.2, 0.25) is 0 Å². The van der Waals surface area contributed by atoms with Crippen LogP contribution in [0, 0.1) is 0 Å². The van der Waals surface area contributed by atoms with E-state index in [1.54, 1.807) is 0 Å². The summed E-state index contributed by atoms with van der Waals surface area (Å²) in [5, 5.41) is 4.80. The standard InChI is InChI=1S/C15H24N4OS/c16-15(19-10-3-1-2-4-11-19)18-9-6-8-17-14(20)13-7-5-12-21-13/h5,7,12H,1-4,6,8-11H2,(H2,16,18)(H,17,20). The number of guanidine groups is 1. The minimum atomic E-state index is -0.00512. The lowest BCUT2D eigenvalue weighted by Crippen LogP contribution is -2.38. The predicted molar refractivity (Wildman–Crippen MR) is 87.8 cm³/mol. The first-order chi connectivity index (χ1) is 10.3. The molecule has 0 unspecified atom stereocenters. The maximum absolute atomic E-state index is 11.7. The molecule has 0 aromatic carbocycles. The average molecular weight is 308 g/mol. The number of hydrogen-bond acceptors (Lipinski definition) is 3. The Morgan fingerprint density at radius 1 is 1.33 bits per heavy atom. The average Bonchev–Trinajstić information content (AvgIpc) is 2.89. The number of hydrogen-bond donors (Lipinski definition) is 2. The molecule has 0 spiro atoms. The van der Waals surface area contributed by atoms with Gasteiger partial charge in [0.05, 0.1) is 4.88 Å². The molecule has 0 bridgehead atoms. The van der Waals surface area contributed by atoms with Crippen LogP contribution in [0.4, 0.5) is 0 Å². The number of carbonyl (C=O) groups is 1. The molecule has 1 amide bonds. The molecular weight excluding hydrogens is 284 g/mol. The summed E-state index contributed by atoms with van der Waals surface area (Å²) in [5.41, 5.74) is 6.03. The van der Waals surface area contributed by atoms with Crippen LogP contribution in [-0.2, 0) is 0 Å². The summed E-state index contributed by atoms with van der Waals surface area (Å²) in [6.07, 6.45) is 5.79. The van der Waals surface area contributed by atoms with Gasteiger partial charge in [-0.15, -0.1) is 11.3 Å². The predicted octanol–water partition coefficient (Wildman–Crippen LogP) is 2.06. The highest BCUT2D eigenvalue weighted by Crippen LogP contribution is 2.09. The molecule has 0 saturated carbocycles. The third kappa shape index (κ3) is 5.38. The van der Waals surface area contributed by atoms with Gasteiger partial charge in [-0.25, -0.2) is 0 Å². The number of thiophene rings is 1. The number of carbonyl (C=O) groups excluding carboxylic acids is 1. The molecule has 6 heteroatoms. The van der Waals surface area contributed by atoms with Gasteiger partial charge in [0, 0.05) is 26.2 Å². The summed E-state index contributed by atoms with van der Waals surface area (Å²) in [6, 6.07) is 3.71. The second-order valence-corrected chi connectivity index (χ2v) is 6.18. The molecule has 3 N–H and O–H groups in total. The van der Waals surface area contributed by atoms with Crippen LogP contribution in [0.15, 0.2) is 22.5 Å². The largest absolute Gasteiger partial charge is 0.370 e. The highest BCUT2D eigenvalue weighted by Gasteiger charge is 2.10. The maximum Gasteiger partial charge on any atom is 0.261 e. The molecule has 1 aromatic rings. The Bertz CT molecular complexity index is 450. The Morgan fingerprint density at radius 3 is 2.76 bits per heavy atom. The van der Waals surface area contributed by atoms with E-state index < -0.39 is 0 Å². The number of rotatable bonds is 5. The fraction of sp³-hybridized carbons (Fsp3) is 0.600. The monoisotopic (exact) mass is 308 g/mol. The molecule has 0 aliphatic carbocycles. The van der Waals surface area contributed by atoms with Gasteiger partial charge in [-0.2, -0.15) is 0 Å². The van der Waals surface area contributed by atoms with Gasteiger partial charge in [0.2, 0.25) is 0 Å². The highest BCUT2D eigenvalue weighted by atomic mass is 32.1. The van der Waals surface area contributed by atoms with E-state index in [0.717, 1.165) is 24.4 Å². The van der Waals surface area contributed by atoms with Crippen LogP contribution in [0.1, 0.15) is 41.8 Å². The highest BCUT2D eigenvalue weighted by molar-refractivity contribution is 7.12. The smallest absolute Gasteiger partial charge is 0.261 e. The minimum absolute atomic E-state index is 0.00512. The van der Waals surface area contributed by atoms with Crippen LogP contribution in [0.3, 0.4) is 0 Å². The molecule has 1 aliphatic heterocycles. The Balaban J connectivity index is 1.64. The van der Waals surface area contributed by atoms with Crippen molar-refractivity contribution in [2.45, 2.75) is 32.1 Å². The first-order valence-corrected chi connectivity index (χ1v) is 8.52. The van der Waals surface area contributed by atoms with Crippen LogP contribution < -0.4 is 11.1 Å². The number of nitrogens with zero attached hydrogens (tertiary/aromatic N) is 2. The molecule has 1 saturated heterocycles. The van der Waals surface area contributed by atoms with Crippen LogP contribution in [0.5, 0.6) is 0 Å². The van der Waals surface area contributed by atoms with Crippen molar-refractivity contribution in [3.63, 3.8) is 0 Å². The van der Waals surface area contributed by atoms with Gasteiger partial charge in [0.1, 0.15) is 0 Å². The molecule has 1 aromatic heterocycles. The fourth-order valence-electron chi connectivity index (χ4n) is 2.37. The van der Waals surface area contributed by atoms with Crippen LogP contribution >= 0.6 is 11.3 Å². The van der Waals surface area contributed by atoms with E-state index in [1.807, 2.05) is 17.5 Å². The lowest BCUT2D eigenvalue weighted by molar-refractivity contribution is 0.0957. The van der Waals surface area contributed by atoms with Gasteiger partial charge in [-0.05, 0) is 30.7 Å². The van der Waals surface area contributed by atoms with Crippen molar-refractivity contribution in [3.8, 4) is 0 Å². The van der Waals surface area contributed by atoms with E-state index in [-0.39, 0.29) is 5.91 Å². The molecule has 21 heavy (non-hydrogen) atoms. The Morgan fingerprint density at radius 2 is 2.10 bits per heavy atom. The molecule has 2 rings (SSSR count). The van der Waals surface area contributed by atoms with E-state index >= 15 is 0 Å². The molecule has 1 fully saturated rings. The summed E-state index contributed by atoms with van der Waals surface area (Å²) in [5.74, 6) is 0.649. The second kappa shape index (κ2) is 8.67. The lowest BCUT2D eigenvalue weighted by Gasteiger charge is -2.21. The normalized spacial score (nSPS) is 16.6. The quantitative estimate of drug-likeness (QED) is 0.497. The molecule has 0 radical (unpaired) electrons. The molecular formula is C15H24N4OS. The van der Waals surface area contributed by atoms with E-state index in [4.69, 9.17) is 5.73 Å². The van der Waals surface area contributed by atoms with Crippen molar-refractivity contribution < 1.29 is 4.79 Å². The Kier molecular flexibility index (Phi) is 6.53. The number of amides is 1. The SMILES string of the molecule is NC(=NCCCNC(=O)c1cccs1)N1CCCCCC1. The number of likely N-dealkylation sites (tertiary alicyclic amines) is 1. The summed E-state index contributed by atoms with van der Waals surface area (Å²) in [4.78, 5) is 19.1. The molecule has 5 nitrogen and oxygen atoms in total. The van der Waals surface area contributed by atoms with Gasteiger partial charge in [-0.3, -0.25) is 9.79 Å². The molecule has 0 atom stereocenters. The van der Waals surface area contributed by atoms with Gasteiger partial charge in [0.25, 0.3) is 5.91 Å². The Hall–Kier alpha value is -1.56. The lowest BCUT2D eigenvalue weighted by atomic mass is 10.2. The van der Waals surface area contributed by atoms with E-state index in [9.17, 15) is 4.79 Å². The van der Waals surface area contributed by atoms with Gasteiger partial charge in [-0.1, -0.05) is 18.9 Å². The summed E-state index contributed by atoms with van der Waals surface area (Å²) in [7, 11) is 0. The molecule has 116 valence electrons. The summed E-state index contributed by atoms with van der Waals surface area (Å²) in [6.45, 7) is 3.33. The maximum atomic E-state index is 11.7. The first-order valence-electron chi connectivity index (χ1n) is 7.64.